The van der Waals surface area contributed by atoms with E-state index in [1.165, 1.54) is 12.8 Å². The number of hydrogen-bond donors (Lipinski definition) is 1. The third-order valence-electron chi connectivity index (χ3n) is 2.98. The van der Waals surface area contributed by atoms with Gasteiger partial charge >= 0.3 is 5.97 Å². The average molecular weight is 214 g/mol. The van der Waals surface area contributed by atoms with Gasteiger partial charge in [0.15, 0.2) is 5.60 Å². The first kappa shape index (κ1) is 12.5. The Kier molecular flexibility index (Phi) is 4.14. The molecule has 3 nitrogen and oxygen atoms in total. The Morgan fingerprint density at radius 3 is 2.40 bits per heavy atom. The number of ether oxygens (including phenoxy) is 1. The quantitative estimate of drug-likeness (QED) is 0.765. The summed E-state index contributed by atoms with van der Waals surface area (Å²) in [7, 11) is 0. The van der Waals surface area contributed by atoms with Crippen molar-refractivity contribution < 1.29 is 14.6 Å². The van der Waals surface area contributed by atoms with Gasteiger partial charge < -0.3 is 9.84 Å². The van der Waals surface area contributed by atoms with Crippen LogP contribution < -0.4 is 0 Å². The molecule has 1 N–H and O–H groups in total. The van der Waals surface area contributed by atoms with E-state index in [9.17, 15) is 9.90 Å². The maximum absolute atomic E-state index is 11.2. The lowest BCUT2D eigenvalue weighted by Gasteiger charge is -2.30. The number of carboxylic acid groups (broad SMARTS) is 1. The number of carbonyl (C=O) groups is 1. The summed E-state index contributed by atoms with van der Waals surface area (Å²) in [5.74, 6) is -0.490. The van der Waals surface area contributed by atoms with E-state index in [1.54, 1.807) is 6.92 Å². The van der Waals surface area contributed by atoms with Crippen LogP contribution in [0.3, 0.4) is 0 Å². The summed E-state index contributed by atoms with van der Waals surface area (Å²) in [4.78, 5) is 11.2. The fraction of sp³-hybridized carbons (Fsp3) is 0.917. The summed E-state index contributed by atoms with van der Waals surface area (Å²) in [5, 5.41) is 9.22. The number of hydrogen-bond acceptors (Lipinski definition) is 2. The third kappa shape index (κ3) is 3.49. The number of aliphatic carboxylic acids is 1. The molecule has 15 heavy (non-hydrogen) atoms. The standard InChI is InChI=1S/C12H22O3/c1-9(2)8-12(3,11(13)14)15-10-6-4-5-7-10/h9-10H,4-8H2,1-3H3,(H,13,14). The van der Waals surface area contributed by atoms with Gasteiger partial charge in [-0.3, -0.25) is 0 Å². The van der Waals surface area contributed by atoms with Crippen molar-refractivity contribution >= 4 is 5.97 Å². The molecule has 0 spiro atoms. The Hall–Kier alpha value is -0.570. The van der Waals surface area contributed by atoms with Gasteiger partial charge in [0.2, 0.25) is 0 Å². The monoisotopic (exact) mass is 214 g/mol. The minimum atomic E-state index is -0.997. The molecule has 0 radical (unpaired) electrons. The van der Waals surface area contributed by atoms with Crippen molar-refractivity contribution in [3.63, 3.8) is 0 Å². The molecule has 0 aromatic heterocycles. The largest absolute Gasteiger partial charge is 0.479 e. The first-order chi connectivity index (χ1) is 6.94. The van der Waals surface area contributed by atoms with Crippen LogP contribution in [0.1, 0.15) is 52.9 Å². The molecule has 0 amide bonds. The van der Waals surface area contributed by atoms with E-state index in [1.807, 2.05) is 13.8 Å². The van der Waals surface area contributed by atoms with Crippen molar-refractivity contribution in [1.29, 1.82) is 0 Å². The minimum absolute atomic E-state index is 0.157. The molecular weight excluding hydrogens is 192 g/mol. The Morgan fingerprint density at radius 2 is 2.00 bits per heavy atom. The number of carboxylic acids is 1. The van der Waals surface area contributed by atoms with Crippen molar-refractivity contribution in [3.8, 4) is 0 Å². The van der Waals surface area contributed by atoms with Crippen molar-refractivity contribution in [1.82, 2.24) is 0 Å². The highest BCUT2D eigenvalue weighted by molar-refractivity contribution is 5.76. The molecular formula is C12H22O3. The topological polar surface area (TPSA) is 46.5 Å². The summed E-state index contributed by atoms with van der Waals surface area (Å²) in [6.45, 7) is 5.76. The van der Waals surface area contributed by atoms with Crippen LogP contribution in [0.15, 0.2) is 0 Å². The van der Waals surface area contributed by atoms with Gasteiger partial charge in [0.1, 0.15) is 0 Å². The normalized spacial score (nSPS) is 21.9. The predicted molar refractivity (Wildman–Crippen MR) is 58.8 cm³/mol. The molecule has 0 bridgehead atoms. The summed E-state index contributed by atoms with van der Waals surface area (Å²) >= 11 is 0. The zero-order chi connectivity index (χ0) is 11.5. The molecule has 88 valence electrons. The SMILES string of the molecule is CC(C)CC(C)(OC1CCCC1)C(=O)O. The third-order valence-corrected chi connectivity index (χ3v) is 2.98. The van der Waals surface area contributed by atoms with Crippen LogP contribution >= 0.6 is 0 Å². The molecule has 1 unspecified atom stereocenters. The molecule has 1 aliphatic rings. The Labute approximate surface area is 91.8 Å². The molecule has 3 heteroatoms. The van der Waals surface area contributed by atoms with Crippen molar-refractivity contribution in [2.75, 3.05) is 0 Å². The van der Waals surface area contributed by atoms with Gasteiger partial charge in [-0.1, -0.05) is 26.7 Å². The van der Waals surface area contributed by atoms with E-state index in [-0.39, 0.29) is 6.10 Å². The van der Waals surface area contributed by atoms with Crippen LogP contribution in [0.4, 0.5) is 0 Å². The maximum Gasteiger partial charge on any atom is 0.335 e. The lowest BCUT2D eigenvalue weighted by Crippen LogP contribution is -2.42. The van der Waals surface area contributed by atoms with Crippen LogP contribution in [-0.2, 0) is 9.53 Å². The summed E-state index contributed by atoms with van der Waals surface area (Å²) in [6.07, 6.45) is 5.11. The average Bonchev–Trinajstić information content (AvgIpc) is 2.54. The molecule has 0 heterocycles. The van der Waals surface area contributed by atoms with E-state index in [0.29, 0.717) is 12.3 Å². The van der Waals surface area contributed by atoms with Crippen LogP contribution in [-0.4, -0.2) is 22.8 Å². The van der Waals surface area contributed by atoms with Gasteiger partial charge in [0.25, 0.3) is 0 Å². The predicted octanol–water partition coefficient (Wildman–Crippen LogP) is 2.84. The zero-order valence-electron chi connectivity index (χ0n) is 9.95. The lowest BCUT2D eigenvalue weighted by molar-refractivity contribution is -0.173. The van der Waals surface area contributed by atoms with Crippen LogP contribution in [0.2, 0.25) is 0 Å². The molecule has 0 aliphatic heterocycles. The lowest BCUT2D eigenvalue weighted by atomic mass is 9.94. The molecule has 0 saturated heterocycles. The van der Waals surface area contributed by atoms with Gasteiger partial charge in [-0.15, -0.1) is 0 Å². The highest BCUT2D eigenvalue weighted by Crippen LogP contribution is 2.29. The molecule has 1 fully saturated rings. The maximum atomic E-state index is 11.2. The molecule has 1 rings (SSSR count). The highest BCUT2D eigenvalue weighted by Gasteiger charge is 2.38. The minimum Gasteiger partial charge on any atom is -0.479 e. The van der Waals surface area contributed by atoms with Gasteiger partial charge in [-0.25, -0.2) is 4.79 Å². The smallest absolute Gasteiger partial charge is 0.335 e. The van der Waals surface area contributed by atoms with E-state index >= 15 is 0 Å². The first-order valence-electron chi connectivity index (χ1n) is 5.85. The second kappa shape index (κ2) is 4.97. The molecule has 1 saturated carbocycles. The number of rotatable bonds is 5. The van der Waals surface area contributed by atoms with Gasteiger partial charge in [0, 0.05) is 0 Å². The summed E-state index contributed by atoms with van der Waals surface area (Å²) < 4.78 is 5.77. The van der Waals surface area contributed by atoms with Crippen molar-refractivity contribution in [2.24, 2.45) is 5.92 Å². The van der Waals surface area contributed by atoms with E-state index in [4.69, 9.17) is 4.74 Å². The van der Waals surface area contributed by atoms with Crippen LogP contribution in [0.25, 0.3) is 0 Å². The second-order valence-corrected chi connectivity index (χ2v) is 5.16. The van der Waals surface area contributed by atoms with E-state index < -0.39 is 11.6 Å². The first-order valence-corrected chi connectivity index (χ1v) is 5.85. The fourth-order valence-electron chi connectivity index (χ4n) is 2.34. The zero-order valence-corrected chi connectivity index (χ0v) is 9.95. The Bertz CT molecular complexity index is 219. The molecule has 1 atom stereocenters. The van der Waals surface area contributed by atoms with Crippen molar-refractivity contribution in [2.45, 2.75) is 64.6 Å². The highest BCUT2D eigenvalue weighted by atomic mass is 16.5. The Morgan fingerprint density at radius 1 is 1.47 bits per heavy atom. The van der Waals surface area contributed by atoms with Gasteiger partial charge in [0.05, 0.1) is 6.10 Å². The molecule has 0 aromatic rings. The van der Waals surface area contributed by atoms with Gasteiger partial charge in [-0.2, -0.15) is 0 Å². The van der Waals surface area contributed by atoms with Gasteiger partial charge in [-0.05, 0) is 32.1 Å². The molecule has 0 aromatic carbocycles. The van der Waals surface area contributed by atoms with E-state index in [0.717, 1.165) is 12.8 Å². The van der Waals surface area contributed by atoms with Crippen LogP contribution in [0, 0.1) is 5.92 Å². The molecule has 1 aliphatic carbocycles. The van der Waals surface area contributed by atoms with E-state index in [2.05, 4.69) is 0 Å². The Balaban J connectivity index is 2.59. The fourth-order valence-corrected chi connectivity index (χ4v) is 2.34. The van der Waals surface area contributed by atoms with Crippen molar-refractivity contribution in [3.05, 3.63) is 0 Å². The summed E-state index contributed by atoms with van der Waals surface area (Å²) in [6, 6.07) is 0. The van der Waals surface area contributed by atoms with Crippen LogP contribution in [0.5, 0.6) is 0 Å². The summed E-state index contributed by atoms with van der Waals surface area (Å²) in [5.41, 5.74) is -0.997. The second-order valence-electron chi connectivity index (χ2n) is 5.16.